The third kappa shape index (κ3) is 3.14. The Labute approximate surface area is 213 Å². The van der Waals surface area contributed by atoms with Crippen molar-refractivity contribution in [2.24, 2.45) is 50.2 Å². The fourth-order valence-electron chi connectivity index (χ4n) is 10.8. The monoisotopic (exact) mass is 486 g/mol. The quantitative estimate of drug-likeness (QED) is 0.355. The van der Waals surface area contributed by atoms with E-state index in [1.165, 1.54) is 0 Å². The number of hydrogen-bond acceptors (Lipinski definition) is 4. The highest BCUT2D eigenvalue weighted by atomic mass is 16.5. The largest absolute Gasteiger partial charge is 0.469 e. The molecule has 198 valence electrons. The van der Waals surface area contributed by atoms with Gasteiger partial charge in [-0.05, 0) is 104 Å². The average molecular weight is 487 g/mol. The van der Waals surface area contributed by atoms with Crippen molar-refractivity contribution in [3.8, 4) is 0 Å². The number of aliphatic hydroxyl groups is 2. The van der Waals surface area contributed by atoms with E-state index in [1.54, 1.807) is 12.7 Å². The molecule has 5 aliphatic carbocycles. The molecule has 0 bridgehead atoms. The number of aliphatic hydroxyl groups excluding tert-OH is 2. The molecule has 4 nitrogen and oxygen atoms in total. The van der Waals surface area contributed by atoms with Crippen LogP contribution in [-0.2, 0) is 9.53 Å². The minimum Gasteiger partial charge on any atom is -0.469 e. The van der Waals surface area contributed by atoms with Gasteiger partial charge in [-0.15, -0.1) is 0 Å². The molecule has 4 heteroatoms. The van der Waals surface area contributed by atoms with Crippen molar-refractivity contribution in [1.29, 1.82) is 0 Å². The second-order valence-electron chi connectivity index (χ2n) is 15.1. The maximum absolute atomic E-state index is 13.4. The third-order valence-electron chi connectivity index (χ3n) is 13.3. The summed E-state index contributed by atoms with van der Waals surface area (Å²) in [5.74, 6) is 1.16. The van der Waals surface area contributed by atoms with E-state index in [1.807, 2.05) is 0 Å². The molecule has 5 rings (SSSR count). The molecule has 0 aromatic rings. The van der Waals surface area contributed by atoms with Crippen LogP contribution >= 0.6 is 0 Å². The van der Waals surface area contributed by atoms with Crippen LogP contribution in [0.4, 0.5) is 0 Å². The molecule has 0 aromatic heterocycles. The summed E-state index contributed by atoms with van der Waals surface area (Å²) in [5.41, 5.74) is 1.37. The van der Waals surface area contributed by atoms with Crippen LogP contribution in [0.5, 0.6) is 0 Å². The fourth-order valence-corrected chi connectivity index (χ4v) is 10.8. The van der Waals surface area contributed by atoms with Crippen molar-refractivity contribution in [1.82, 2.24) is 0 Å². The molecular weight excluding hydrogens is 436 g/mol. The van der Waals surface area contributed by atoms with E-state index in [9.17, 15) is 15.0 Å². The Morgan fingerprint density at radius 1 is 0.971 bits per heavy atom. The minimum absolute atomic E-state index is 0.0175. The molecule has 0 spiro atoms. The lowest BCUT2D eigenvalue weighted by Crippen LogP contribution is -2.66. The number of allylic oxidation sites excluding steroid dienone is 2. The van der Waals surface area contributed by atoms with E-state index in [0.717, 1.165) is 64.2 Å². The van der Waals surface area contributed by atoms with Crippen molar-refractivity contribution in [3.63, 3.8) is 0 Å². The SMILES string of the molecule is COC(=O)[C@]12CCC(C)(C)CC1C1=CC[C@@H]3[C@@]4(C)CC[C@H](O)[C@@](C)(CO)[C@@H]4CC[C@@]3(C)[C@]1(C)CC2. The second kappa shape index (κ2) is 7.82. The average Bonchev–Trinajstić information content (AvgIpc) is 2.81. The number of hydrogen-bond donors (Lipinski definition) is 2. The highest BCUT2D eigenvalue weighted by Gasteiger charge is 2.69. The Balaban J connectivity index is 1.59. The van der Waals surface area contributed by atoms with Gasteiger partial charge < -0.3 is 14.9 Å². The zero-order chi connectivity index (χ0) is 25.7. The third-order valence-corrected chi connectivity index (χ3v) is 13.3. The van der Waals surface area contributed by atoms with Gasteiger partial charge in [0.15, 0.2) is 0 Å². The first-order valence-electron chi connectivity index (χ1n) is 14.3. The Kier molecular flexibility index (Phi) is 5.76. The minimum atomic E-state index is -0.417. The number of esters is 1. The second-order valence-corrected chi connectivity index (χ2v) is 15.1. The molecule has 9 atom stereocenters. The number of methoxy groups -OCH3 is 1. The molecule has 1 unspecified atom stereocenters. The molecular formula is C31H50O4. The standard InChI is InChI=1S/C31H50O4/c1-26(2)14-16-31(25(34)35-7)17-15-29(5)20(21(31)18-26)8-9-23-27(3)12-11-24(33)28(4,19-32)22(27)10-13-30(23,29)6/h8,21-24,32-33H,9-19H2,1-7H3/t21?,22-,23-,24+,27+,28+,29-,30-,31+/m1/s1. The van der Waals surface area contributed by atoms with Gasteiger partial charge in [0, 0.05) is 5.41 Å². The van der Waals surface area contributed by atoms with E-state index in [0.29, 0.717) is 11.8 Å². The molecule has 0 aromatic carbocycles. The molecule has 0 amide bonds. The Bertz CT molecular complexity index is 923. The van der Waals surface area contributed by atoms with E-state index in [-0.39, 0.29) is 45.6 Å². The number of rotatable bonds is 2. The van der Waals surface area contributed by atoms with E-state index in [2.05, 4.69) is 47.6 Å². The van der Waals surface area contributed by atoms with Crippen molar-refractivity contribution in [2.45, 2.75) is 112 Å². The van der Waals surface area contributed by atoms with E-state index in [4.69, 9.17) is 4.74 Å². The van der Waals surface area contributed by atoms with E-state index < -0.39 is 11.5 Å². The van der Waals surface area contributed by atoms with Crippen molar-refractivity contribution in [3.05, 3.63) is 11.6 Å². The summed E-state index contributed by atoms with van der Waals surface area (Å²) in [7, 11) is 1.58. The number of carbonyl (C=O) groups excluding carboxylic acids is 1. The van der Waals surface area contributed by atoms with Gasteiger partial charge in [0.1, 0.15) is 0 Å². The lowest BCUT2D eigenvalue weighted by atomic mass is 9.33. The van der Waals surface area contributed by atoms with Gasteiger partial charge in [-0.1, -0.05) is 53.2 Å². The van der Waals surface area contributed by atoms with Crippen LogP contribution in [-0.4, -0.2) is 36.0 Å². The van der Waals surface area contributed by atoms with Gasteiger partial charge >= 0.3 is 5.97 Å². The molecule has 0 radical (unpaired) electrons. The van der Waals surface area contributed by atoms with Crippen LogP contribution in [0.1, 0.15) is 106 Å². The summed E-state index contributed by atoms with van der Waals surface area (Å²) in [5, 5.41) is 21.4. The van der Waals surface area contributed by atoms with Crippen LogP contribution in [0, 0.1) is 50.2 Å². The molecule has 4 fully saturated rings. The fraction of sp³-hybridized carbons (Fsp3) is 0.903. The zero-order valence-corrected chi connectivity index (χ0v) is 23.4. The number of ether oxygens (including phenoxy) is 1. The van der Waals surface area contributed by atoms with Crippen LogP contribution in [0.2, 0.25) is 0 Å². The van der Waals surface area contributed by atoms with Gasteiger partial charge in [-0.2, -0.15) is 0 Å². The Morgan fingerprint density at radius 2 is 1.66 bits per heavy atom. The van der Waals surface area contributed by atoms with Crippen LogP contribution in [0.25, 0.3) is 0 Å². The predicted molar refractivity (Wildman–Crippen MR) is 138 cm³/mol. The van der Waals surface area contributed by atoms with Crippen molar-refractivity contribution >= 4 is 5.97 Å². The summed E-state index contributed by atoms with van der Waals surface area (Å²) in [4.78, 5) is 13.4. The van der Waals surface area contributed by atoms with Crippen LogP contribution in [0.15, 0.2) is 11.6 Å². The summed E-state index contributed by atoms with van der Waals surface area (Å²) in [6, 6.07) is 0. The summed E-state index contributed by atoms with van der Waals surface area (Å²) in [6.07, 6.45) is 12.3. The molecule has 4 saturated carbocycles. The van der Waals surface area contributed by atoms with Gasteiger partial charge in [-0.25, -0.2) is 0 Å². The first-order valence-corrected chi connectivity index (χ1v) is 14.3. The van der Waals surface area contributed by atoms with Crippen LogP contribution < -0.4 is 0 Å². The molecule has 5 aliphatic rings. The Morgan fingerprint density at radius 3 is 2.31 bits per heavy atom. The molecule has 2 N–H and O–H groups in total. The maximum Gasteiger partial charge on any atom is 0.312 e. The van der Waals surface area contributed by atoms with Gasteiger partial charge in [0.2, 0.25) is 0 Å². The van der Waals surface area contributed by atoms with E-state index >= 15 is 0 Å². The highest BCUT2D eigenvalue weighted by molar-refractivity contribution is 5.78. The summed E-state index contributed by atoms with van der Waals surface area (Å²) in [6.45, 7) is 14.5. The molecule has 0 heterocycles. The smallest absolute Gasteiger partial charge is 0.312 e. The first kappa shape index (κ1) is 25.8. The summed E-state index contributed by atoms with van der Waals surface area (Å²) < 4.78 is 5.48. The predicted octanol–water partition coefficient (Wildman–Crippen LogP) is 6.29. The van der Waals surface area contributed by atoms with Crippen molar-refractivity contribution in [2.75, 3.05) is 13.7 Å². The highest BCUT2D eigenvalue weighted by Crippen LogP contribution is 2.75. The first-order chi connectivity index (χ1) is 16.2. The number of carbonyl (C=O) groups is 1. The lowest BCUT2D eigenvalue weighted by Gasteiger charge is -2.71. The normalized spacial score (nSPS) is 52.8. The van der Waals surface area contributed by atoms with Crippen molar-refractivity contribution < 1.29 is 19.7 Å². The van der Waals surface area contributed by atoms with Crippen LogP contribution in [0.3, 0.4) is 0 Å². The zero-order valence-electron chi connectivity index (χ0n) is 23.4. The summed E-state index contributed by atoms with van der Waals surface area (Å²) >= 11 is 0. The molecule has 0 saturated heterocycles. The lowest BCUT2D eigenvalue weighted by molar-refractivity contribution is -0.216. The number of fused-ring (bicyclic) bond motifs is 7. The maximum atomic E-state index is 13.4. The Hall–Kier alpha value is -0.870. The molecule has 0 aliphatic heterocycles. The van der Waals surface area contributed by atoms with Gasteiger partial charge in [0.25, 0.3) is 0 Å². The van der Waals surface area contributed by atoms with Gasteiger partial charge in [0.05, 0.1) is 25.2 Å². The molecule has 35 heavy (non-hydrogen) atoms. The topological polar surface area (TPSA) is 66.8 Å². The van der Waals surface area contributed by atoms with Gasteiger partial charge in [-0.3, -0.25) is 4.79 Å².